The summed E-state index contributed by atoms with van der Waals surface area (Å²) in [6, 6.07) is 12.3. The number of aromatic hydroxyl groups is 2. The second kappa shape index (κ2) is 15.0. The highest BCUT2D eigenvalue weighted by atomic mass is 79.9. The Morgan fingerprint density at radius 1 is 0.825 bits per heavy atom. The van der Waals surface area contributed by atoms with E-state index in [2.05, 4.69) is 45.3 Å². The second-order valence-corrected chi connectivity index (χ2v) is 8.23. The molecule has 2 aromatic heterocycles. The number of halogens is 1. The van der Waals surface area contributed by atoms with Crippen LogP contribution in [0.2, 0.25) is 0 Å². The van der Waals surface area contributed by atoms with Gasteiger partial charge in [0.25, 0.3) is 0 Å². The molecule has 40 heavy (non-hydrogen) atoms. The Kier molecular flexibility index (Phi) is 11.8. The molecule has 14 nitrogen and oxygen atoms in total. The molecule has 2 aromatic carbocycles. The number of phenols is 2. The van der Waals surface area contributed by atoms with Gasteiger partial charge in [-0.05, 0) is 45.7 Å². The van der Waals surface area contributed by atoms with Gasteiger partial charge < -0.3 is 41.2 Å². The first-order valence-corrected chi connectivity index (χ1v) is 11.8. The van der Waals surface area contributed by atoms with Crippen LogP contribution in [0.5, 0.6) is 11.5 Å². The minimum absolute atomic E-state index is 0.00533. The van der Waals surface area contributed by atoms with Gasteiger partial charge in [-0.2, -0.15) is 0 Å². The van der Waals surface area contributed by atoms with Gasteiger partial charge in [-0.1, -0.05) is 24.3 Å². The van der Waals surface area contributed by atoms with E-state index in [9.17, 15) is 14.7 Å². The molecule has 0 aliphatic rings. The molecular weight excluding hydrogens is 591 g/mol. The molecule has 0 fully saturated rings. The van der Waals surface area contributed by atoms with Crippen LogP contribution in [0.4, 0.5) is 11.6 Å². The van der Waals surface area contributed by atoms with Crippen LogP contribution in [0.25, 0.3) is 11.3 Å². The number of benzene rings is 2. The quantitative estimate of drug-likeness (QED) is 0.138. The van der Waals surface area contributed by atoms with Gasteiger partial charge in [-0.15, -0.1) is 0 Å². The van der Waals surface area contributed by atoms with Crippen LogP contribution >= 0.6 is 15.9 Å². The molecule has 0 radical (unpaired) electrons. The lowest BCUT2D eigenvalue weighted by molar-refractivity contribution is 0.0586. The summed E-state index contributed by atoms with van der Waals surface area (Å²) in [5, 5.41) is 35.4. The molecule has 16 heteroatoms. The van der Waals surface area contributed by atoms with Crippen molar-refractivity contribution in [3.63, 3.8) is 0 Å². The SMILES string of the molecule is COC(=O)c1nc(-c2cccc(O)c2)cnc1N.COC(=O)c1nc(Br)cnc1N.OB(O)c1cccc(O)c1. The maximum absolute atomic E-state index is 11.4. The van der Waals surface area contributed by atoms with Crippen molar-refractivity contribution in [1.29, 1.82) is 0 Å². The van der Waals surface area contributed by atoms with Crippen molar-refractivity contribution in [2.45, 2.75) is 0 Å². The first-order valence-electron chi connectivity index (χ1n) is 11.0. The highest BCUT2D eigenvalue weighted by Crippen LogP contribution is 2.22. The normalized spacial score (nSPS) is 9.72. The first-order chi connectivity index (χ1) is 19.0. The van der Waals surface area contributed by atoms with E-state index in [4.69, 9.17) is 26.6 Å². The van der Waals surface area contributed by atoms with Gasteiger partial charge >= 0.3 is 19.1 Å². The molecule has 0 saturated heterocycles. The van der Waals surface area contributed by atoms with E-state index in [0.717, 1.165) is 0 Å². The topological polar surface area (TPSA) is 237 Å². The van der Waals surface area contributed by atoms with Crippen molar-refractivity contribution < 1.29 is 39.3 Å². The number of methoxy groups -OCH3 is 2. The number of carbonyl (C=O) groups excluding carboxylic acids is 2. The van der Waals surface area contributed by atoms with Crippen LogP contribution in [0, 0.1) is 0 Å². The average Bonchev–Trinajstić information content (AvgIpc) is 2.94. The van der Waals surface area contributed by atoms with Crippen molar-refractivity contribution in [2.75, 3.05) is 25.7 Å². The Morgan fingerprint density at radius 3 is 1.85 bits per heavy atom. The lowest BCUT2D eigenvalue weighted by Gasteiger charge is -2.05. The summed E-state index contributed by atoms with van der Waals surface area (Å²) in [7, 11) is 0.988. The zero-order valence-corrected chi connectivity index (χ0v) is 22.7. The number of phenolic OH excluding ortho intramolecular Hbond substituents is 2. The number of anilines is 2. The molecule has 0 atom stereocenters. The van der Waals surface area contributed by atoms with Crippen molar-refractivity contribution in [2.24, 2.45) is 0 Å². The predicted octanol–water partition coefficient (Wildman–Crippen LogP) is 0.898. The van der Waals surface area contributed by atoms with E-state index in [-0.39, 0.29) is 34.5 Å². The largest absolute Gasteiger partial charge is 0.508 e. The maximum atomic E-state index is 11.4. The molecule has 0 spiro atoms. The Labute approximate surface area is 236 Å². The Hall–Kier alpha value is -4.80. The molecule has 8 N–H and O–H groups in total. The fraction of sp³-hybridized carbons (Fsp3) is 0.0833. The number of nitrogens with two attached hydrogens (primary N) is 2. The number of hydrogen-bond donors (Lipinski definition) is 6. The van der Waals surface area contributed by atoms with Crippen LogP contribution < -0.4 is 16.9 Å². The number of aromatic nitrogens is 4. The van der Waals surface area contributed by atoms with Crippen molar-refractivity contribution in [3.05, 3.63) is 76.9 Å². The highest BCUT2D eigenvalue weighted by Gasteiger charge is 2.15. The Morgan fingerprint density at radius 2 is 1.35 bits per heavy atom. The fourth-order valence-electron chi connectivity index (χ4n) is 2.76. The number of ether oxygens (including phenoxy) is 2. The zero-order valence-electron chi connectivity index (χ0n) is 21.1. The summed E-state index contributed by atoms with van der Waals surface area (Å²) in [4.78, 5) is 37.9. The molecule has 4 rings (SSSR count). The van der Waals surface area contributed by atoms with Crippen molar-refractivity contribution in [3.8, 4) is 22.8 Å². The average molecular weight is 615 g/mol. The van der Waals surface area contributed by atoms with Gasteiger partial charge in [-0.3, -0.25) is 0 Å². The van der Waals surface area contributed by atoms with Crippen LogP contribution in [-0.4, -0.2) is 73.5 Å². The number of hydrogen-bond acceptors (Lipinski definition) is 14. The van der Waals surface area contributed by atoms with E-state index >= 15 is 0 Å². The third-order valence-electron chi connectivity index (χ3n) is 4.64. The summed E-state index contributed by atoms with van der Waals surface area (Å²) < 4.78 is 9.43. The van der Waals surface area contributed by atoms with Crippen LogP contribution in [0.1, 0.15) is 21.0 Å². The first kappa shape index (κ1) is 31.4. The van der Waals surface area contributed by atoms with Crippen molar-refractivity contribution in [1.82, 2.24) is 19.9 Å². The molecule has 2 heterocycles. The third-order valence-corrected chi connectivity index (χ3v) is 5.02. The number of nitrogens with zero attached hydrogens (tertiary/aromatic N) is 4. The smallest absolute Gasteiger partial charge is 0.488 e. The molecular formula is C24H24BBrN6O8. The van der Waals surface area contributed by atoms with E-state index in [1.165, 1.54) is 56.9 Å². The zero-order chi connectivity index (χ0) is 29.8. The van der Waals surface area contributed by atoms with Crippen LogP contribution in [-0.2, 0) is 9.47 Å². The summed E-state index contributed by atoms with van der Waals surface area (Å²) in [5.41, 5.74) is 12.3. The molecule has 0 aliphatic heterocycles. The summed E-state index contributed by atoms with van der Waals surface area (Å²) in [5.74, 6) is -1.05. The van der Waals surface area contributed by atoms with Gasteiger partial charge in [0.1, 0.15) is 16.1 Å². The summed E-state index contributed by atoms with van der Waals surface area (Å²) >= 11 is 3.06. The lowest BCUT2D eigenvalue weighted by Crippen LogP contribution is -2.29. The number of esters is 2. The van der Waals surface area contributed by atoms with E-state index in [1.807, 2.05) is 0 Å². The fourth-order valence-corrected chi connectivity index (χ4v) is 3.04. The second-order valence-electron chi connectivity index (χ2n) is 7.42. The standard InChI is InChI=1S/C12H11N3O3.C6H7BO3.C6H6BrN3O2/c1-18-12(17)10-11(13)14-6-9(15-10)7-3-2-4-8(16)5-7;8-6-3-1-2-5(4-6)7(9)10;1-12-6(11)4-5(8)9-2-3(7)10-4/h2-6,16H,1H3,(H2,13,14);1-4,8-10H;2H,1H3,(H2,8,9). The van der Waals surface area contributed by atoms with E-state index in [1.54, 1.807) is 18.2 Å². The molecule has 0 aliphatic carbocycles. The van der Waals surface area contributed by atoms with Crippen LogP contribution in [0.3, 0.4) is 0 Å². The van der Waals surface area contributed by atoms with Gasteiger partial charge in [-0.25, -0.2) is 29.5 Å². The van der Waals surface area contributed by atoms with Gasteiger partial charge in [0.05, 0.1) is 32.3 Å². The maximum Gasteiger partial charge on any atom is 0.488 e. The Balaban J connectivity index is 0.000000222. The molecule has 208 valence electrons. The van der Waals surface area contributed by atoms with Crippen molar-refractivity contribution >= 4 is 52.1 Å². The van der Waals surface area contributed by atoms with Gasteiger partial charge in [0.2, 0.25) is 0 Å². The van der Waals surface area contributed by atoms with E-state index in [0.29, 0.717) is 21.3 Å². The predicted molar refractivity (Wildman–Crippen MR) is 148 cm³/mol. The minimum atomic E-state index is -1.51. The summed E-state index contributed by atoms with van der Waals surface area (Å²) in [6.07, 6.45) is 2.83. The highest BCUT2D eigenvalue weighted by molar-refractivity contribution is 9.10. The number of carbonyl (C=O) groups is 2. The lowest BCUT2D eigenvalue weighted by atomic mass is 9.80. The molecule has 4 aromatic rings. The van der Waals surface area contributed by atoms with Gasteiger partial charge in [0, 0.05) is 5.56 Å². The molecule has 0 bridgehead atoms. The monoisotopic (exact) mass is 614 g/mol. The minimum Gasteiger partial charge on any atom is -0.508 e. The van der Waals surface area contributed by atoms with Gasteiger partial charge in [0.15, 0.2) is 23.0 Å². The molecule has 0 unspecified atom stereocenters. The molecule has 0 saturated carbocycles. The Bertz CT molecular complexity index is 1480. The van der Waals surface area contributed by atoms with E-state index < -0.39 is 19.1 Å². The third kappa shape index (κ3) is 9.19. The summed E-state index contributed by atoms with van der Waals surface area (Å²) in [6.45, 7) is 0. The number of rotatable bonds is 4. The molecule has 0 amide bonds. The number of nitrogen functional groups attached to an aromatic ring is 2. The van der Waals surface area contributed by atoms with Crippen LogP contribution in [0.15, 0.2) is 65.5 Å².